The van der Waals surface area contributed by atoms with Crippen LogP contribution in [0.5, 0.6) is 0 Å². The minimum absolute atomic E-state index is 0.0388. The number of hydrogen-bond donors (Lipinski definition) is 0. The fourth-order valence-electron chi connectivity index (χ4n) is 2.51. The first-order valence-electron chi connectivity index (χ1n) is 8.38. The number of hydrogen-bond acceptors (Lipinski definition) is 4. The molecule has 0 aliphatic heterocycles. The molecule has 1 aromatic heterocycles. The van der Waals surface area contributed by atoms with Gasteiger partial charge in [-0.1, -0.05) is 54.2 Å². The third kappa shape index (κ3) is 3.94. The monoisotopic (exact) mass is 351 g/mol. The van der Waals surface area contributed by atoms with E-state index in [9.17, 15) is 4.79 Å². The van der Waals surface area contributed by atoms with Gasteiger partial charge in [-0.05, 0) is 43.5 Å². The van der Waals surface area contributed by atoms with Crippen LogP contribution in [0.25, 0.3) is 10.2 Å². The Morgan fingerprint density at radius 1 is 1.24 bits per heavy atom. The summed E-state index contributed by atoms with van der Waals surface area (Å²) in [6, 6.07) is 14.1. The third-order valence-electron chi connectivity index (χ3n) is 3.91. The van der Waals surface area contributed by atoms with Crippen molar-refractivity contribution in [3.8, 4) is 0 Å². The highest BCUT2D eigenvalue weighted by Gasteiger charge is 2.18. The van der Waals surface area contributed by atoms with Crippen LogP contribution < -0.4 is 5.01 Å². The first kappa shape index (κ1) is 17.3. The number of carbonyl (C=O) groups excluding carboxylic acids is 1. The van der Waals surface area contributed by atoms with Crippen LogP contribution in [0, 0.1) is 13.8 Å². The average molecular weight is 351 g/mol. The summed E-state index contributed by atoms with van der Waals surface area (Å²) in [5.41, 5.74) is 4.19. The summed E-state index contributed by atoms with van der Waals surface area (Å²) >= 11 is 1.48. The maximum atomic E-state index is 12.6. The Kier molecular flexibility index (Phi) is 5.24. The van der Waals surface area contributed by atoms with Gasteiger partial charge in [0, 0.05) is 6.42 Å². The van der Waals surface area contributed by atoms with Gasteiger partial charge in [-0.15, -0.1) is 0 Å². The Balaban J connectivity index is 1.98. The first-order chi connectivity index (χ1) is 12.1. The molecular formula is C20H21N3OS. The second-order valence-corrected chi connectivity index (χ2v) is 7.03. The molecule has 0 aliphatic carbocycles. The molecule has 5 heteroatoms. The smallest absolute Gasteiger partial charge is 0.249 e. The second-order valence-electron chi connectivity index (χ2n) is 6.02. The number of benzene rings is 2. The van der Waals surface area contributed by atoms with Gasteiger partial charge in [0.1, 0.15) is 0 Å². The number of nitrogens with zero attached hydrogens (tertiary/aromatic N) is 3. The molecular weight excluding hydrogens is 330 g/mol. The summed E-state index contributed by atoms with van der Waals surface area (Å²) in [5, 5.41) is 6.54. The minimum atomic E-state index is -0.0388. The van der Waals surface area contributed by atoms with Crippen LogP contribution in [0.15, 0.2) is 47.6 Å². The largest absolute Gasteiger partial charge is 0.272 e. The van der Waals surface area contributed by atoms with Gasteiger partial charge in [-0.2, -0.15) is 10.1 Å². The maximum absolute atomic E-state index is 12.6. The van der Waals surface area contributed by atoms with Gasteiger partial charge in [0.05, 0.1) is 16.4 Å². The van der Waals surface area contributed by atoms with E-state index in [0.717, 1.165) is 27.8 Å². The third-order valence-corrected chi connectivity index (χ3v) is 4.92. The highest BCUT2D eigenvalue weighted by Crippen LogP contribution is 2.29. The van der Waals surface area contributed by atoms with Crippen molar-refractivity contribution in [2.45, 2.75) is 33.6 Å². The molecule has 0 atom stereocenters. The van der Waals surface area contributed by atoms with E-state index in [4.69, 9.17) is 0 Å². The van der Waals surface area contributed by atoms with Crippen molar-refractivity contribution in [2.24, 2.45) is 5.10 Å². The Morgan fingerprint density at radius 3 is 2.80 bits per heavy atom. The summed E-state index contributed by atoms with van der Waals surface area (Å²) in [5.74, 6) is -0.0388. The lowest BCUT2D eigenvalue weighted by atomic mass is 10.1. The average Bonchev–Trinajstić information content (AvgIpc) is 3.02. The van der Waals surface area contributed by atoms with E-state index in [2.05, 4.69) is 28.3 Å². The zero-order valence-corrected chi connectivity index (χ0v) is 15.5. The molecule has 0 saturated carbocycles. The number of aromatic nitrogens is 1. The predicted octanol–water partition coefficient (Wildman–Crippen LogP) is 5.08. The number of rotatable bonds is 5. The van der Waals surface area contributed by atoms with E-state index in [-0.39, 0.29) is 5.91 Å². The van der Waals surface area contributed by atoms with Crippen LogP contribution in [0.4, 0.5) is 5.13 Å². The lowest BCUT2D eigenvalue weighted by Gasteiger charge is -2.13. The van der Waals surface area contributed by atoms with Crippen LogP contribution in [-0.4, -0.2) is 17.1 Å². The zero-order valence-electron chi connectivity index (χ0n) is 14.7. The van der Waals surface area contributed by atoms with Crippen molar-refractivity contribution in [3.05, 3.63) is 59.2 Å². The van der Waals surface area contributed by atoms with Crippen LogP contribution in [0.3, 0.4) is 0 Å². The summed E-state index contributed by atoms with van der Waals surface area (Å²) in [6.07, 6.45) is 2.97. The molecule has 0 radical (unpaired) electrons. The second kappa shape index (κ2) is 7.57. The van der Waals surface area contributed by atoms with E-state index in [1.165, 1.54) is 21.9 Å². The fraction of sp³-hybridized carbons (Fsp3) is 0.250. The first-order valence-corrected chi connectivity index (χ1v) is 9.20. The minimum Gasteiger partial charge on any atom is -0.272 e. The van der Waals surface area contributed by atoms with Gasteiger partial charge in [0.15, 0.2) is 0 Å². The molecule has 0 bridgehead atoms. The molecule has 128 valence electrons. The molecule has 2 aromatic carbocycles. The number of hydrazone groups is 1. The Morgan fingerprint density at radius 2 is 2.04 bits per heavy atom. The number of carbonyl (C=O) groups is 1. The molecule has 3 rings (SSSR count). The molecule has 4 nitrogen and oxygen atoms in total. The Hall–Kier alpha value is -2.53. The van der Waals surface area contributed by atoms with Gasteiger partial charge in [-0.3, -0.25) is 4.79 Å². The van der Waals surface area contributed by atoms with E-state index < -0.39 is 0 Å². The Labute approximate surface area is 151 Å². The fourth-order valence-corrected chi connectivity index (χ4v) is 3.45. The van der Waals surface area contributed by atoms with E-state index >= 15 is 0 Å². The molecule has 0 spiro atoms. The van der Waals surface area contributed by atoms with Crippen LogP contribution in [0.1, 0.15) is 36.5 Å². The van der Waals surface area contributed by atoms with Crippen LogP contribution >= 0.6 is 11.3 Å². The van der Waals surface area contributed by atoms with Crippen molar-refractivity contribution >= 4 is 38.8 Å². The van der Waals surface area contributed by atoms with Gasteiger partial charge < -0.3 is 0 Å². The molecule has 1 amide bonds. The zero-order chi connectivity index (χ0) is 17.8. The summed E-state index contributed by atoms with van der Waals surface area (Å²) in [4.78, 5) is 17.2. The van der Waals surface area contributed by atoms with Crippen molar-refractivity contribution in [1.29, 1.82) is 0 Å². The summed E-state index contributed by atoms with van der Waals surface area (Å²) in [6.45, 7) is 6.07. The topological polar surface area (TPSA) is 45.6 Å². The van der Waals surface area contributed by atoms with Gasteiger partial charge in [0.2, 0.25) is 11.0 Å². The molecule has 0 N–H and O–H groups in total. The van der Waals surface area contributed by atoms with Gasteiger partial charge >= 0.3 is 0 Å². The van der Waals surface area contributed by atoms with Crippen molar-refractivity contribution in [3.63, 3.8) is 0 Å². The number of anilines is 1. The van der Waals surface area contributed by atoms with E-state index in [0.29, 0.717) is 11.6 Å². The summed E-state index contributed by atoms with van der Waals surface area (Å²) < 4.78 is 1.05. The number of thiazole rings is 1. The number of aryl methyl sites for hydroxylation is 2. The van der Waals surface area contributed by atoms with Crippen LogP contribution in [0.2, 0.25) is 0 Å². The number of amides is 1. The lowest BCUT2D eigenvalue weighted by Crippen LogP contribution is -2.25. The van der Waals surface area contributed by atoms with Crippen molar-refractivity contribution in [1.82, 2.24) is 4.98 Å². The van der Waals surface area contributed by atoms with Crippen LogP contribution in [-0.2, 0) is 4.79 Å². The highest BCUT2D eigenvalue weighted by molar-refractivity contribution is 7.22. The summed E-state index contributed by atoms with van der Waals surface area (Å²) in [7, 11) is 0. The van der Waals surface area contributed by atoms with Gasteiger partial charge in [0.25, 0.3) is 0 Å². The standard InChI is InChI=1S/C20H21N3OS/c1-4-7-19(24)23(20-22-17-8-5-6-9-18(17)25-20)21-13-16-12-14(2)10-11-15(16)3/h5-6,8-13H,4,7H2,1-3H3/b21-13+. The Bertz CT molecular complexity index is 897. The van der Waals surface area contributed by atoms with E-state index in [1.54, 1.807) is 6.21 Å². The lowest BCUT2D eigenvalue weighted by molar-refractivity contribution is -0.118. The van der Waals surface area contributed by atoms with Crippen molar-refractivity contribution < 1.29 is 4.79 Å². The van der Waals surface area contributed by atoms with Crippen molar-refractivity contribution in [2.75, 3.05) is 5.01 Å². The number of para-hydroxylation sites is 1. The molecule has 1 heterocycles. The molecule has 0 fully saturated rings. The molecule has 3 aromatic rings. The predicted molar refractivity (Wildman–Crippen MR) is 106 cm³/mol. The molecule has 0 saturated heterocycles. The quantitative estimate of drug-likeness (QED) is 0.475. The van der Waals surface area contributed by atoms with Gasteiger partial charge in [-0.25, -0.2) is 4.98 Å². The highest BCUT2D eigenvalue weighted by atomic mass is 32.1. The number of fused-ring (bicyclic) bond motifs is 1. The molecule has 0 unspecified atom stereocenters. The molecule has 0 aliphatic rings. The normalized spacial score (nSPS) is 11.3. The molecule has 25 heavy (non-hydrogen) atoms. The maximum Gasteiger partial charge on any atom is 0.249 e. The SMILES string of the molecule is CCCC(=O)N(/N=C/c1cc(C)ccc1C)c1nc2ccccc2s1. The van der Waals surface area contributed by atoms with E-state index in [1.807, 2.05) is 45.0 Å².